The third-order valence-electron chi connectivity index (χ3n) is 4.31. The number of nitro groups is 1. The average Bonchev–Trinajstić information content (AvgIpc) is 2.77. The second-order valence-corrected chi connectivity index (χ2v) is 6.01. The third-order valence-corrected chi connectivity index (χ3v) is 4.31. The zero-order valence-electron chi connectivity index (χ0n) is 13.2. The third kappa shape index (κ3) is 3.36. The van der Waals surface area contributed by atoms with Crippen LogP contribution >= 0.6 is 0 Å². The van der Waals surface area contributed by atoms with Crippen LogP contribution in [0.4, 0.5) is 21.7 Å². The van der Waals surface area contributed by atoms with E-state index in [1.54, 1.807) is 17.9 Å². The first-order chi connectivity index (χ1) is 11.1. The summed E-state index contributed by atoms with van der Waals surface area (Å²) in [5.41, 5.74) is 0.538. The first kappa shape index (κ1) is 15.9. The maximum atomic E-state index is 13.5. The molecule has 126 valence electrons. The molecule has 1 unspecified atom stereocenters. The molecule has 2 fully saturated rings. The van der Waals surface area contributed by atoms with Crippen molar-refractivity contribution in [3.05, 3.63) is 21.7 Å². The Labute approximate surface area is 134 Å². The van der Waals surface area contributed by atoms with E-state index in [1.165, 1.54) is 0 Å². The van der Waals surface area contributed by atoms with E-state index in [0.717, 1.165) is 13.0 Å². The van der Waals surface area contributed by atoms with Gasteiger partial charge in [-0.05, 0) is 25.8 Å². The maximum absolute atomic E-state index is 13.5. The molecule has 1 aromatic rings. The molecule has 2 aliphatic heterocycles. The fraction of sp³-hybridized carbons (Fsp3) is 0.667. The van der Waals surface area contributed by atoms with Crippen LogP contribution < -0.4 is 9.80 Å². The largest absolute Gasteiger partial charge is 0.380 e. The van der Waals surface area contributed by atoms with Crippen LogP contribution in [0.2, 0.25) is 0 Å². The Hall–Kier alpha value is -1.96. The van der Waals surface area contributed by atoms with E-state index < -0.39 is 11.1 Å². The van der Waals surface area contributed by atoms with Crippen molar-refractivity contribution in [3.8, 4) is 0 Å². The van der Waals surface area contributed by atoms with E-state index in [0.29, 0.717) is 44.1 Å². The van der Waals surface area contributed by atoms with Crippen LogP contribution in [-0.2, 0) is 4.74 Å². The second kappa shape index (κ2) is 6.66. The van der Waals surface area contributed by atoms with Gasteiger partial charge >= 0.3 is 5.69 Å². The van der Waals surface area contributed by atoms with Crippen molar-refractivity contribution in [2.75, 3.05) is 49.2 Å². The van der Waals surface area contributed by atoms with Gasteiger partial charge in [0.1, 0.15) is 12.0 Å². The van der Waals surface area contributed by atoms with E-state index in [9.17, 15) is 14.5 Å². The van der Waals surface area contributed by atoms with Crippen LogP contribution in [0.1, 0.15) is 18.4 Å². The number of aryl methyl sites for hydroxylation is 1. The van der Waals surface area contributed by atoms with E-state index in [1.807, 2.05) is 0 Å². The fourth-order valence-corrected chi connectivity index (χ4v) is 3.13. The number of rotatable bonds is 3. The molecular formula is C15H21FN4O3. The van der Waals surface area contributed by atoms with Gasteiger partial charge in [0, 0.05) is 31.8 Å². The monoisotopic (exact) mass is 324 g/mol. The fourth-order valence-electron chi connectivity index (χ4n) is 3.13. The summed E-state index contributed by atoms with van der Waals surface area (Å²) in [5, 5.41) is 11.4. The van der Waals surface area contributed by atoms with Crippen LogP contribution in [-0.4, -0.2) is 55.5 Å². The lowest BCUT2D eigenvalue weighted by Gasteiger charge is -2.24. The molecule has 0 amide bonds. The van der Waals surface area contributed by atoms with Gasteiger partial charge in [-0.15, -0.1) is 0 Å². The lowest BCUT2D eigenvalue weighted by molar-refractivity contribution is -0.384. The minimum absolute atomic E-state index is 0.0195. The summed E-state index contributed by atoms with van der Waals surface area (Å²) < 4.78 is 19.0. The first-order valence-corrected chi connectivity index (χ1v) is 7.94. The molecule has 0 spiro atoms. The lowest BCUT2D eigenvalue weighted by atomic mass is 10.2. The zero-order chi connectivity index (χ0) is 16.4. The molecular weight excluding hydrogens is 303 g/mol. The van der Waals surface area contributed by atoms with Crippen LogP contribution in [0.15, 0.2) is 6.07 Å². The number of hydrogen-bond donors (Lipinski definition) is 0. The summed E-state index contributed by atoms with van der Waals surface area (Å²) in [6.07, 6.45) is 0.329. The Morgan fingerprint density at radius 3 is 2.87 bits per heavy atom. The minimum Gasteiger partial charge on any atom is -0.380 e. The number of pyridine rings is 1. The van der Waals surface area contributed by atoms with Gasteiger partial charge in [-0.1, -0.05) is 0 Å². The highest BCUT2D eigenvalue weighted by Crippen LogP contribution is 2.35. The molecule has 0 bridgehead atoms. The second-order valence-electron chi connectivity index (χ2n) is 6.01. The van der Waals surface area contributed by atoms with Gasteiger partial charge in [0.25, 0.3) is 0 Å². The van der Waals surface area contributed by atoms with Crippen molar-refractivity contribution < 1.29 is 14.1 Å². The van der Waals surface area contributed by atoms with Gasteiger partial charge in [0.15, 0.2) is 0 Å². The van der Waals surface area contributed by atoms with Crippen molar-refractivity contribution in [1.29, 1.82) is 0 Å². The zero-order valence-corrected chi connectivity index (χ0v) is 13.2. The van der Waals surface area contributed by atoms with Crippen molar-refractivity contribution in [1.82, 2.24) is 4.98 Å². The smallest absolute Gasteiger partial charge is 0.314 e. The topological polar surface area (TPSA) is 71.7 Å². The van der Waals surface area contributed by atoms with Gasteiger partial charge in [-0.25, -0.2) is 9.37 Å². The molecule has 2 saturated heterocycles. The number of halogens is 1. The summed E-state index contributed by atoms with van der Waals surface area (Å²) >= 11 is 0. The standard InChI is InChI=1S/C15H21FN4O3/c1-11-9-13(18-4-2-7-23-8-6-18)17-15(14(11)20(21)22)19-5-3-12(16)10-19/h9,12H,2-8,10H2,1H3. The highest BCUT2D eigenvalue weighted by Gasteiger charge is 2.31. The summed E-state index contributed by atoms with van der Waals surface area (Å²) in [4.78, 5) is 19.3. The minimum atomic E-state index is -0.952. The summed E-state index contributed by atoms with van der Waals surface area (Å²) in [6.45, 7) is 5.17. The van der Waals surface area contributed by atoms with Crippen molar-refractivity contribution in [2.24, 2.45) is 0 Å². The number of anilines is 2. The van der Waals surface area contributed by atoms with Crippen LogP contribution in [0.3, 0.4) is 0 Å². The molecule has 1 aromatic heterocycles. The molecule has 0 radical (unpaired) electrons. The highest BCUT2D eigenvalue weighted by atomic mass is 19.1. The summed E-state index contributed by atoms with van der Waals surface area (Å²) in [5.74, 6) is 0.992. The Morgan fingerprint density at radius 1 is 1.35 bits per heavy atom. The number of ether oxygens (including phenoxy) is 1. The normalized spacial score (nSPS) is 22.3. The Kier molecular flexibility index (Phi) is 4.61. The van der Waals surface area contributed by atoms with Gasteiger partial charge < -0.3 is 14.5 Å². The van der Waals surface area contributed by atoms with Gasteiger partial charge in [-0.3, -0.25) is 10.1 Å². The highest BCUT2D eigenvalue weighted by molar-refractivity contribution is 5.67. The number of aromatic nitrogens is 1. The predicted octanol–water partition coefficient (Wildman–Crippen LogP) is 2.07. The molecule has 23 heavy (non-hydrogen) atoms. The SMILES string of the molecule is Cc1cc(N2CCCOCC2)nc(N2CCC(F)C2)c1[N+](=O)[O-]. The molecule has 8 heteroatoms. The Bertz CT molecular complexity index is 590. The molecule has 0 aromatic carbocycles. The molecule has 0 N–H and O–H groups in total. The van der Waals surface area contributed by atoms with Gasteiger partial charge in [0.2, 0.25) is 5.82 Å². The average molecular weight is 324 g/mol. The predicted molar refractivity (Wildman–Crippen MR) is 85.0 cm³/mol. The molecule has 0 saturated carbocycles. The van der Waals surface area contributed by atoms with E-state index in [4.69, 9.17) is 4.74 Å². The number of alkyl halides is 1. The van der Waals surface area contributed by atoms with E-state index in [2.05, 4.69) is 9.88 Å². The van der Waals surface area contributed by atoms with Crippen LogP contribution in [0.5, 0.6) is 0 Å². The lowest BCUT2D eigenvalue weighted by Crippen LogP contribution is -2.29. The van der Waals surface area contributed by atoms with Gasteiger partial charge in [0.05, 0.1) is 18.1 Å². The quantitative estimate of drug-likeness (QED) is 0.626. The Balaban J connectivity index is 1.98. The molecule has 1 atom stereocenters. The molecule has 0 aliphatic carbocycles. The van der Waals surface area contributed by atoms with Crippen LogP contribution in [0.25, 0.3) is 0 Å². The first-order valence-electron chi connectivity index (χ1n) is 7.94. The van der Waals surface area contributed by atoms with Crippen molar-refractivity contribution in [3.63, 3.8) is 0 Å². The van der Waals surface area contributed by atoms with Crippen molar-refractivity contribution >= 4 is 17.3 Å². The maximum Gasteiger partial charge on any atom is 0.314 e. The van der Waals surface area contributed by atoms with Crippen LogP contribution in [0, 0.1) is 17.0 Å². The van der Waals surface area contributed by atoms with E-state index in [-0.39, 0.29) is 18.1 Å². The Morgan fingerprint density at radius 2 is 2.17 bits per heavy atom. The van der Waals surface area contributed by atoms with Gasteiger partial charge in [-0.2, -0.15) is 0 Å². The molecule has 7 nitrogen and oxygen atoms in total. The molecule has 2 aliphatic rings. The summed E-state index contributed by atoms with van der Waals surface area (Å²) in [6, 6.07) is 1.75. The number of hydrogen-bond acceptors (Lipinski definition) is 6. The number of nitrogens with zero attached hydrogens (tertiary/aromatic N) is 4. The summed E-state index contributed by atoms with van der Waals surface area (Å²) in [7, 11) is 0. The van der Waals surface area contributed by atoms with Crippen molar-refractivity contribution in [2.45, 2.75) is 25.9 Å². The molecule has 3 rings (SSSR count). The van der Waals surface area contributed by atoms with E-state index >= 15 is 0 Å². The molecule has 3 heterocycles.